The summed E-state index contributed by atoms with van der Waals surface area (Å²) in [5.74, 6) is 0. The van der Waals surface area contributed by atoms with E-state index >= 15 is 0 Å². The lowest BCUT2D eigenvalue weighted by Crippen LogP contribution is -1.58. The molecular weight excluding hydrogens is 324 g/mol. The van der Waals surface area contributed by atoms with Crippen LogP contribution < -0.4 is 0 Å². The van der Waals surface area contributed by atoms with Crippen LogP contribution in [0, 0.1) is 0 Å². The summed E-state index contributed by atoms with van der Waals surface area (Å²) in [4.78, 5) is 0. The van der Waals surface area contributed by atoms with Crippen molar-refractivity contribution in [1.29, 1.82) is 0 Å². The molecule has 0 unspecified atom stereocenters. The quantitative estimate of drug-likeness (QED) is 0.420. The summed E-state index contributed by atoms with van der Waals surface area (Å²) >= 11 is 0. The normalized spacial score (nSPS) is 16.3. The van der Waals surface area contributed by atoms with Gasteiger partial charge in [-0.15, -0.1) is 0 Å². The van der Waals surface area contributed by atoms with Crippen molar-refractivity contribution in [3.05, 3.63) is 158 Å². The van der Waals surface area contributed by atoms with Crippen LogP contribution in [-0.4, -0.2) is 0 Å². The topological polar surface area (TPSA) is 0 Å². The fraction of sp³-hybridized carbons (Fsp3) is 0.0370. The molecule has 0 N–H and O–H groups in total. The first-order valence-electron chi connectivity index (χ1n) is 9.15. The van der Waals surface area contributed by atoms with Crippen LogP contribution in [0.4, 0.5) is 0 Å². The van der Waals surface area contributed by atoms with Crippen molar-refractivity contribution >= 4 is 0 Å². The van der Waals surface area contributed by atoms with E-state index < -0.39 is 0 Å². The Labute approximate surface area is 164 Å². The van der Waals surface area contributed by atoms with E-state index in [0.29, 0.717) is 0 Å². The van der Waals surface area contributed by atoms with Gasteiger partial charge in [-0.05, 0) is 6.42 Å². The van der Waals surface area contributed by atoms with Gasteiger partial charge < -0.3 is 0 Å². The molecule has 0 nitrogen and oxygen atoms in total. The largest absolute Gasteiger partial charge is 0.0807 e. The fourth-order valence-corrected chi connectivity index (χ4v) is 1.80. The van der Waals surface area contributed by atoms with Gasteiger partial charge in [0.05, 0.1) is 0 Å². The van der Waals surface area contributed by atoms with Crippen LogP contribution in [0.25, 0.3) is 0 Å². The maximum atomic E-state index is 2.12. The highest BCUT2D eigenvalue weighted by Gasteiger charge is 1.69. The summed E-state index contributed by atoms with van der Waals surface area (Å²) in [5, 5.41) is 0. The third kappa shape index (κ3) is 17.2. The molecule has 0 bridgehead atoms. The van der Waals surface area contributed by atoms with E-state index in [0.717, 1.165) is 6.42 Å². The van der Waals surface area contributed by atoms with Crippen molar-refractivity contribution in [1.82, 2.24) is 0 Å². The van der Waals surface area contributed by atoms with Gasteiger partial charge in [0, 0.05) is 0 Å². The van der Waals surface area contributed by atoms with E-state index in [-0.39, 0.29) is 0 Å². The average Bonchev–Trinajstić information content (AvgIpc) is 2.68. The maximum Gasteiger partial charge on any atom is -0.0163 e. The Morgan fingerprint density at radius 1 is 0.185 bits per heavy atom. The molecule has 1 aliphatic carbocycles. The summed E-state index contributed by atoms with van der Waals surface area (Å²) < 4.78 is 0. The molecule has 0 amide bonds. The Bertz CT molecular complexity index is 682. The number of hydrogen-bond acceptors (Lipinski definition) is 0. The van der Waals surface area contributed by atoms with Crippen LogP contribution in [0.15, 0.2) is 158 Å². The molecule has 136 valence electrons. The lowest BCUT2D eigenvalue weighted by molar-refractivity contribution is 1.39. The minimum Gasteiger partial charge on any atom is -0.0807 e. The Kier molecular flexibility index (Phi) is 15.2. The molecule has 0 saturated carbocycles. The van der Waals surface area contributed by atoms with E-state index in [4.69, 9.17) is 0 Å². The van der Waals surface area contributed by atoms with Gasteiger partial charge in [0.1, 0.15) is 0 Å². The number of allylic oxidation sites excluding steroid dienone is 26. The average molecular weight is 353 g/mol. The smallest absolute Gasteiger partial charge is 0.0163 e. The Balaban J connectivity index is 2.64. The molecule has 0 atom stereocenters. The molecule has 0 spiro atoms. The highest BCUT2D eigenvalue weighted by Crippen LogP contribution is 1.91. The monoisotopic (exact) mass is 352 g/mol. The summed E-state index contributed by atoms with van der Waals surface area (Å²) in [6.07, 6.45) is 53.5. The van der Waals surface area contributed by atoms with Gasteiger partial charge in [-0.1, -0.05) is 158 Å². The van der Waals surface area contributed by atoms with Gasteiger partial charge in [0.15, 0.2) is 0 Å². The van der Waals surface area contributed by atoms with Crippen molar-refractivity contribution < 1.29 is 0 Å². The first-order valence-corrected chi connectivity index (χ1v) is 9.15. The zero-order valence-corrected chi connectivity index (χ0v) is 15.7. The number of rotatable bonds is 0. The zero-order valence-electron chi connectivity index (χ0n) is 15.7. The van der Waals surface area contributed by atoms with Crippen LogP contribution >= 0.6 is 0 Å². The zero-order chi connectivity index (χ0) is 19.1. The van der Waals surface area contributed by atoms with Gasteiger partial charge in [0.25, 0.3) is 0 Å². The molecule has 0 aromatic heterocycles. The van der Waals surface area contributed by atoms with E-state index in [9.17, 15) is 0 Å². The minimum absolute atomic E-state index is 0.924. The molecular formula is C27H28. The highest BCUT2D eigenvalue weighted by molar-refractivity contribution is 5.23. The van der Waals surface area contributed by atoms with Gasteiger partial charge >= 0.3 is 0 Å². The van der Waals surface area contributed by atoms with E-state index in [1.54, 1.807) is 0 Å². The number of hydrogen-bond donors (Lipinski definition) is 0. The SMILES string of the molecule is C1=CC=CC=CC=CC=CC=CC=CCC=CC=CC=CC=CC=CC=C1. The van der Waals surface area contributed by atoms with E-state index in [2.05, 4.69) is 24.3 Å². The van der Waals surface area contributed by atoms with Gasteiger partial charge in [-0.2, -0.15) is 0 Å². The van der Waals surface area contributed by atoms with Crippen molar-refractivity contribution in [2.75, 3.05) is 0 Å². The lowest BCUT2D eigenvalue weighted by Gasteiger charge is -1.79. The summed E-state index contributed by atoms with van der Waals surface area (Å²) in [7, 11) is 0. The molecule has 0 heteroatoms. The molecule has 0 saturated heterocycles. The van der Waals surface area contributed by atoms with Gasteiger partial charge in [-0.3, -0.25) is 0 Å². The van der Waals surface area contributed by atoms with Crippen LogP contribution in [0.3, 0.4) is 0 Å². The first kappa shape index (κ1) is 21.7. The summed E-state index contributed by atoms with van der Waals surface area (Å²) in [6.45, 7) is 0. The lowest BCUT2D eigenvalue weighted by atomic mass is 10.3. The molecule has 27 heavy (non-hydrogen) atoms. The molecule has 0 aromatic rings. The third-order valence-corrected chi connectivity index (χ3v) is 3.10. The van der Waals surface area contributed by atoms with Crippen LogP contribution in [0.5, 0.6) is 0 Å². The second kappa shape index (κ2) is 19.0. The fourth-order valence-electron chi connectivity index (χ4n) is 1.80. The third-order valence-electron chi connectivity index (χ3n) is 3.10. The van der Waals surface area contributed by atoms with Crippen molar-refractivity contribution in [2.24, 2.45) is 0 Å². The standard InChI is InChI=1S/C27H28/c1-2-4-6-8-10-12-14-16-18-20-22-24-26-27-25-23-21-19-17-15-13-11-9-7-5-3-1/h1-26H,27H2. The predicted octanol–water partition coefficient (Wildman–Crippen LogP) is 7.62. The van der Waals surface area contributed by atoms with Crippen LogP contribution in [-0.2, 0) is 0 Å². The predicted molar refractivity (Wildman–Crippen MR) is 123 cm³/mol. The Morgan fingerprint density at radius 2 is 0.333 bits per heavy atom. The van der Waals surface area contributed by atoms with E-state index in [1.165, 1.54) is 0 Å². The molecule has 0 aliphatic heterocycles. The van der Waals surface area contributed by atoms with Crippen LogP contribution in [0.1, 0.15) is 6.42 Å². The van der Waals surface area contributed by atoms with E-state index in [1.807, 2.05) is 134 Å². The Morgan fingerprint density at radius 3 is 0.519 bits per heavy atom. The molecule has 0 heterocycles. The molecule has 1 rings (SSSR count). The minimum atomic E-state index is 0.924. The second-order valence-corrected chi connectivity index (χ2v) is 5.33. The molecule has 1 aliphatic rings. The van der Waals surface area contributed by atoms with Gasteiger partial charge in [-0.25, -0.2) is 0 Å². The first-order chi connectivity index (χ1) is 13.5. The molecule has 0 radical (unpaired) electrons. The maximum absolute atomic E-state index is 2.12. The summed E-state index contributed by atoms with van der Waals surface area (Å²) in [6, 6.07) is 0. The van der Waals surface area contributed by atoms with Crippen molar-refractivity contribution in [3.63, 3.8) is 0 Å². The van der Waals surface area contributed by atoms with Crippen LogP contribution in [0.2, 0.25) is 0 Å². The summed E-state index contributed by atoms with van der Waals surface area (Å²) in [5.41, 5.74) is 0. The molecule has 0 fully saturated rings. The van der Waals surface area contributed by atoms with Crippen molar-refractivity contribution in [2.45, 2.75) is 6.42 Å². The van der Waals surface area contributed by atoms with Gasteiger partial charge in [0.2, 0.25) is 0 Å². The highest BCUT2D eigenvalue weighted by atomic mass is 13.8. The Hall–Kier alpha value is -3.38. The molecule has 0 aromatic carbocycles. The van der Waals surface area contributed by atoms with Crippen molar-refractivity contribution in [3.8, 4) is 0 Å². The second-order valence-electron chi connectivity index (χ2n) is 5.33.